The van der Waals surface area contributed by atoms with Crippen molar-refractivity contribution in [2.45, 2.75) is 32.6 Å². The molecule has 4 rings (SSSR count). The Morgan fingerprint density at radius 3 is 2.71 bits per heavy atom. The van der Waals surface area contributed by atoms with Crippen molar-refractivity contribution in [1.29, 1.82) is 0 Å². The Balaban J connectivity index is 2.25. The van der Waals surface area contributed by atoms with E-state index >= 15 is 0 Å². The molecule has 1 aliphatic carbocycles. The van der Waals surface area contributed by atoms with Crippen LogP contribution in [-0.2, 0) is 12.8 Å². The van der Waals surface area contributed by atoms with Gasteiger partial charge in [0, 0.05) is 18.6 Å². The maximum Gasteiger partial charge on any atom is 0.339 e. The molecule has 108 valence electrons. The summed E-state index contributed by atoms with van der Waals surface area (Å²) in [6.45, 7) is 1.80. The summed E-state index contributed by atoms with van der Waals surface area (Å²) in [6.07, 6.45) is 3.76. The number of oxazole rings is 1. The van der Waals surface area contributed by atoms with Crippen LogP contribution in [0.25, 0.3) is 22.1 Å². The minimum Gasteiger partial charge on any atom is -0.493 e. The molecule has 0 unspecified atom stereocenters. The topological polar surface area (TPSA) is 65.5 Å². The van der Waals surface area contributed by atoms with E-state index in [4.69, 9.17) is 13.6 Å². The van der Waals surface area contributed by atoms with Gasteiger partial charge in [0.05, 0.1) is 12.5 Å². The van der Waals surface area contributed by atoms with Gasteiger partial charge in [-0.3, -0.25) is 0 Å². The molecule has 3 aromatic rings. The Kier molecular flexibility index (Phi) is 2.58. The molecule has 0 spiro atoms. The Morgan fingerprint density at radius 2 is 1.95 bits per heavy atom. The molecule has 0 amide bonds. The van der Waals surface area contributed by atoms with Crippen LogP contribution < -0.4 is 10.4 Å². The molecule has 5 nitrogen and oxygen atoms in total. The summed E-state index contributed by atoms with van der Waals surface area (Å²) >= 11 is 0. The van der Waals surface area contributed by atoms with Crippen LogP contribution in [0.3, 0.4) is 0 Å². The molecule has 1 aromatic carbocycles. The lowest BCUT2D eigenvalue weighted by Gasteiger charge is -2.16. The maximum atomic E-state index is 12.2. The van der Waals surface area contributed by atoms with E-state index in [1.54, 1.807) is 20.1 Å². The number of aryl methyl sites for hydroxylation is 2. The summed E-state index contributed by atoms with van der Waals surface area (Å²) in [7, 11) is 1.56. The SMILES string of the molecule is COc1cc2oc(=O)c3c(c2c2nc(C)oc12)CCCC3. The fourth-order valence-corrected chi connectivity index (χ4v) is 3.23. The van der Waals surface area contributed by atoms with Crippen LogP contribution >= 0.6 is 0 Å². The number of nitrogens with zero attached hydrogens (tertiary/aromatic N) is 1. The van der Waals surface area contributed by atoms with E-state index in [0.717, 1.165) is 47.7 Å². The zero-order valence-electron chi connectivity index (χ0n) is 12.0. The van der Waals surface area contributed by atoms with E-state index in [9.17, 15) is 4.79 Å². The number of hydrogen-bond acceptors (Lipinski definition) is 5. The van der Waals surface area contributed by atoms with Crippen LogP contribution in [0, 0.1) is 6.92 Å². The number of benzene rings is 1. The first-order valence-corrected chi connectivity index (χ1v) is 7.11. The molecule has 0 atom stereocenters. The molecule has 0 fully saturated rings. The van der Waals surface area contributed by atoms with Gasteiger partial charge in [-0.15, -0.1) is 0 Å². The Hall–Kier alpha value is -2.30. The van der Waals surface area contributed by atoms with E-state index < -0.39 is 0 Å². The van der Waals surface area contributed by atoms with Crippen LogP contribution in [0.5, 0.6) is 5.75 Å². The number of rotatable bonds is 1. The maximum absolute atomic E-state index is 12.2. The third-order valence-corrected chi connectivity index (χ3v) is 4.14. The van der Waals surface area contributed by atoms with Gasteiger partial charge in [0.2, 0.25) is 0 Å². The van der Waals surface area contributed by atoms with Gasteiger partial charge in [-0.25, -0.2) is 9.78 Å². The van der Waals surface area contributed by atoms with Gasteiger partial charge in [-0.05, 0) is 31.2 Å². The number of aromatic nitrogens is 1. The molecule has 0 radical (unpaired) electrons. The lowest BCUT2D eigenvalue weighted by Crippen LogP contribution is -2.16. The first kappa shape index (κ1) is 12.4. The largest absolute Gasteiger partial charge is 0.493 e. The summed E-state index contributed by atoms with van der Waals surface area (Å²) < 4.78 is 16.5. The first-order chi connectivity index (χ1) is 10.2. The second-order valence-electron chi connectivity index (χ2n) is 5.42. The quantitative estimate of drug-likeness (QED) is 0.643. The van der Waals surface area contributed by atoms with Crippen LogP contribution in [-0.4, -0.2) is 12.1 Å². The van der Waals surface area contributed by atoms with Crippen molar-refractivity contribution in [3.63, 3.8) is 0 Å². The lowest BCUT2D eigenvalue weighted by molar-refractivity contribution is 0.407. The number of hydrogen-bond donors (Lipinski definition) is 0. The van der Waals surface area contributed by atoms with E-state index in [1.807, 2.05) is 0 Å². The fraction of sp³-hybridized carbons (Fsp3) is 0.375. The van der Waals surface area contributed by atoms with Crippen LogP contribution in [0.2, 0.25) is 0 Å². The Bertz CT molecular complexity index is 920. The van der Waals surface area contributed by atoms with Gasteiger partial charge in [-0.2, -0.15) is 0 Å². The van der Waals surface area contributed by atoms with Crippen molar-refractivity contribution < 1.29 is 13.6 Å². The molecule has 0 saturated heterocycles. The van der Waals surface area contributed by atoms with E-state index in [-0.39, 0.29) is 5.63 Å². The lowest BCUT2D eigenvalue weighted by atomic mass is 9.90. The van der Waals surface area contributed by atoms with Gasteiger partial charge in [0.25, 0.3) is 0 Å². The van der Waals surface area contributed by atoms with Crippen molar-refractivity contribution in [2.24, 2.45) is 0 Å². The first-order valence-electron chi connectivity index (χ1n) is 7.11. The zero-order chi connectivity index (χ0) is 14.6. The molecule has 1 aliphatic rings. The van der Waals surface area contributed by atoms with Crippen LogP contribution in [0.4, 0.5) is 0 Å². The minimum absolute atomic E-state index is 0.237. The molecule has 0 aliphatic heterocycles. The molecule has 2 aromatic heterocycles. The van der Waals surface area contributed by atoms with Crippen LogP contribution in [0.15, 0.2) is 19.7 Å². The predicted octanol–water partition coefficient (Wildman–Crippen LogP) is 3.13. The second-order valence-corrected chi connectivity index (χ2v) is 5.42. The van der Waals surface area contributed by atoms with Gasteiger partial charge < -0.3 is 13.6 Å². The van der Waals surface area contributed by atoms with Crippen molar-refractivity contribution in [3.05, 3.63) is 33.5 Å². The zero-order valence-corrected chi connectivity index (χ0v) is 12.0. The van der Waals surface area contributed by atoms with E-state index in [2.05, 4.69) is 4.98 Å². The Labute approximate surface area is 120 Å². The normalized spacial score (nSPS) is 14.6. The van der Waals surface area contributed by atoms with Gasteiger partial charge >= 0.3 is 5.63 Å². The van der Waals surface area contributed by atoms with Gasteiger partial charge in [0.15, 0.2) is 17.2 Å². The summed E-state index contributed by atoms with van der Waals surface area (Å²) in [5, 5.41) is 0.900. The van der Waals surface area contributed by atoms with Gasteiger partial charge in [-0.1, -0.05) is 0 Å². The average Bonchev–Trinajstić information content (AvgIpc) is 2.87. The highest BCUT2D eigenvalue weighted by Crippen LogP contribution is 2.37. The molecular weight excluding hydrogens is 270 g/mol. The fourth-order valence-electron chi connectivity index (χ4n) is 3.23. The van der Waals surface area contributed by atoms with Crippen molar-refractivity contribution in [2.75, 3.05) is 7.11 Å². The molecule has 0 saturated carbocycles. The van der Waals surface area contributed by atoms with Crippen molar-refractivity contribution in [3.8, 4) is 5.75 Å². The highest BCUT2D eigenvalue weighted by atomic mass is 16.5. The molecule has 0 bridgehead atoms. The number of ether oxygens (including phenoxy) is 1. The standard InChI is InChI=1S/C16H15NO4/c1-8-17-14-13-9-5-3-4-6-10(9)16(18)21-11(13)7-12(19-2)15(14)20-8/h7H,3-6H2,1-2H3. The summed E-state index contributed by atoms with van der Waals surface area (Å²) in [5.74, 6) is 1.11. The van der Waals surface area contributed by atoms with E-state index in [0.29, 0.717) is 22.8 Å². The predicted molar refractivity (Wildman–Crippen MR) is 78.0 cm³/mol. The molecule has 5 heteroatoms. The van der Waals surface area contributed by atoms with Crippen molar-refractivity contribution >= 4 is 22.1 Å². The third kappa shape index (κ3) is 1.70. The molecule has 0 N–H and O–H groups in total. The van der Waals surface area contributed by atoms with E-state index in [1.165, 1.54) is 0 Å². The molecule has 21 heavy (non-hydrogen) atoms. The monoisotopic (exact) mass is 285 g/mol. The molecular formula is C16H15NO4. The number of methoxy groups -OCH3 is 1. The summed E-state index contributed by atoms with van der Waals surface area (Å²) in [5.41, 5.74) is 3.49. The average molecular weight is 285 g/mol. The number of fused-ring (bicyclic) bond motifs is 5. The highest BCUT2D eigenvalue weighted by Gasteiger charge is 2.23. The summed E-state index contributed by atoms with van der Waals surface area (Å²) in [4.78, 5) is 16.6. The minimum atomic E-state index is -0.237. The smallest absolute Gasteiger partial charge is 0.339 e. The summed E-state index contributed by atoms with van der Waals surface area (Å²) in [6, 6.07) is 1.72. The van der Waals surface area contributed by atoms with Gasteiger partial charge in [0.1, 0.15) is 11.1 Å². The van der Waals surface area contributed by atoms with Crippen molar-refractivity contribution in [1.82, 2.24) is 4.98 Å². The second kappa shape index (κ2) is 4.35. The third-order valence-electron chi connectivity index (χ3n) is 4.14. The highest BCUT2D eigenvalue weighted by molar-refractivity contribution is 6.06. The van der Waals surface area contributed by atoms with Crippen LogP contribution in [0.1, 0.15) is 29.9 Å². The molecule has 2 heterocycles. The Morgan fingerprint density at radius 1 is 1.19 bits per heavy atom.